The van der Waals surface area contributed by atoms with Crippen molar-refractivity contribution in [2.24, 2.45) is 0 Å². The van der Waals surface area contributed by atoms with Crippen LogP contribution in [0, 0.1) is 0 Å². The predicted octanol–water partition coefficient (Wildman–Crippen LogP) is 3.66. The van der Waals surface area contributed by atoms with Crippen LogP contribution in [0.5, 0.6) is 0 Å². The van der Waals surface area contributed by atoms with Gasteiger partial charge in [-0.3, -0.25) is 4.79 Å². The molecule has 15 heavy (non-hydrogen) atoms. The molecule has 1 aromatic carbocycles. The third-order valence-electron chi connectivity index (χ3n) is 2.04. The van der Waals surface area contributed by atoms with Gasteiger partial charge in [0.1, 0.15) is 0 Å². The molecule has 0 unspecified atom stereocenters. The van der Waals surface area contributed by atoms with E-state index in [4.69, 9.17) is 11.6 Å². The summed E-state index contributed by atoms with van der Waals surface area (Å²) in [5.41, 5.74) is 1.25. The first kappa shape index (κ1) is 10.5. The van der Waals surface area contributed by atoms with Crippen LogP contribution in [0.3, 0.4) is 0 Å². The maximum atomic E-state index is 11.9. The molecule has 1 heterocycles. The Morgan fingerprint density at radius 3 is 2.73 bits per heavy atom. The third-order valence-corrected chi connectivity index (χ3v) is 2.93. The van der Waals surface area contributed by atoms with E-state index < -0.39 is 0 Å². The molecule has 0 saturated carbocycles. The second-order valence-electron chi connectivity index (χ2n) is 3.05. The molecule has 0 aliphatic carbocycles. The Balaban J connectivity index is 2.42. The van der Waals surface area contributed by atoms with Gasteiger partial charge in [0, 0.05) is 33.0 Å². The Hall–Kier alpha value is -1.06. The highest BCUT2D eigenvalue weighted by molar-refractivity contribution is 9.10. The summed E-state index contributed by atoms with van der Waals surface area (Å²) in [6, 6.07) is 6.86. The average Bonchev–Trinajstić information content (AvgIpc) is 2.69. The van der Waals surface area contributed by atoms with E-state index in [1.54, 1.807) is 36.7 Å². The van der Waals surface area contributed by atoms with Gasteiger partial charge in [-0.15, -0.1) is 0 Å². The fourth-order valence-electron chi connectivity index (χ4n) is 1.29. The molecule has 0 saturated heterocycles. The Morgan fingerprint density at radius 2 is 2.13 bits per heavy atom. The lowest BCUT2D eigenvalue weighted by Gasteiger charge is -2.02. The average molecular weight is 285 g/mol. The van der Waals surface area contributed by atoms with E-state index in [0.717, 1.165) is 0 Å². The lowest BCUT2D eigenvalue weighted by molar-refractivity contribution is 0.103. The number of nitrogens with one attached hydrogen (secondary N) is 1. The zero-order valence-corrected chi connectivity index (χ0v) is 9.97. The van der Waals surface area contributed by atoms with Gasteiger partial charge in [-0.1, -0.05) is 11.6 Å². The lowest BCUT2D eigenvalue weighted by atomic mass is 10.1. The molecule has 1 N–H and O–H groups in total. The number of carbonyl (C=O) groups excluding carboxylic acids is 1. The van der Waals surface area contributed by atoms with Crippen molar-refractivity contribution in [2.45, 2.75) is 0 Å². The fourth-order valence-corrected chi connectivity index (χ4v) is 2.16. The van der Waals surface area contributed by atoms with Crippen molar-refractivity contribution in [3.05, 3.63) is 57.3 Å². The molecule has 0 radical (unpaired) electrons. The fraction of sp³-hybridized carbons (Fsp3) is 0. The summed E-state index contributed by atoms with van der Waals surface area (Å²) in [5.74, 6) is -0.0280. The van der Waals surface area contributed by atoms with Crippen molar-refractivity contribution >= 4 is 33.3 Å². The Kier molecular flexibility index (Phi) is 2.93. The van der Waals surface area contributed by atoms with Crippen LogP contribution < -0.4 is 0 Å². The van der Waals surface area contributed by atoms with Gasteiger partial charge in [0.2, 0.25) is 0 Å². The van der Waals surface area contributed by atoms with Gasteiger partial charge in [-0.2, -0.15) is 0 Å². The van der Waals surface area contributed by atoms with Crippen LogP contribution in [-0.4, -0.2) is 10.8 Å². The van der Waals surface area contributed by atoms with Gasteiger partial charge in [-0.05, 0) is 40.2 Å². The zero-order chi connectivity index (χ0) is 10.8. The molecule has 0 amide bonds. The van der Waals surface area contributed by atoms with Crippen LogP contribution in [0.1, 0.15) is 15.9 Å². The summed E-state index contributed by atoms with van der Waals surface area (Å²) < 4.78 is 0.709. The molecule has 2 aromatic rings. The number of hydrogen-bond acceptors (Lipinski definition) is 1. The predicted molar refractivity (Wildman–Crippen MR) is 63.4 cm³/mol. The standard InChI is InChI=1S/C11H7BrClNO/c12-10-5-8(13)1-2-9(10)11(15)7-3-4-14-6-7/h1-6,14H. The van der Waals surface area contributed by atoms with Crippen LogP contribution in [0.25, 0.3) is 0 Å². The number of rotatable bonds is 2. The summed E-state index contributed by atoms with van der Waals surface area (Å²) in [6.45, 7) is 0. The van der Waals surface area contributed by atoms with Crippen LogP contribution >= 0.6 is 27.5 Å². The monoisotopic (exact) mass is 283 g/mol. The van der Waals surface area contributed by atoms with Crippen LogP contribution in [0.15, 0.2) is 41.1 Å². The Bertz CT molecular complexity index is 493. The van der Waals surface area contributed by atoms with Crippen molar-refractivity contribution in [3.63, 3.8) is 0 Å². The van der Waals surface area contributed by atoms with Crippen molar-refractivity contribution < 1.29 is 4.79 Å². The van der Waals surface area contributed by atoms with E-state index in [2.05, 4.69) is 20.9 Å². The zero-order valence-electron chi connectivity index (χ0n) is 7.63. The highest BCUT2D eigenvalue weighted by atomic mass is 79.9. The summed E-state index contributed by atoms with van der Waals surface area (Å²) in [4.78, 5) is 14.8. The normalized spacial score (nSPS) is 10.3. The minimum Gasteiger partial charge on any atom is -0.367 e. The SMILES string of the molecule is O=C(c1cc[nH]c1)c1ccc(Cl)cc1Br. The molecule has 2 rings (SSSR count). The highest BCUT2D eigenvalue weighted by Gasteiger charge is 2.12. The number of aromatic nitrogens is 1. The summed E-state index contributed by atoms with van der Waals surface area (Å²) in [5, 5.41) is 0.604. The quantitative estimate of drug-likeness (QED) is 0.839. The van der Waals surface area contributed by atoms with Gasteiger partial charge >= 0.3 is 0 Å². The second-order valence-corrected chi connectivity index (χ2v) is 4.34. The molecular formula is C11H7BrClNO. The molecular weight excluding hydrogens is 277 g/mol. The van der Waals surface area contributed by atoms with Gasteiger partial charge in [0.25, 0.3) is 0 Å². The first-order valence-corrected chi connectivity index (χ1v) is 5.48. The number of carbonyl (C=O) groups is 1. The maximum absolute atomic E-state index is 11.9. The molecule has 76 valence electrons. The molecule has 0 fully saturated rings. The number of ketones is 1. The molecule has 0 aliphatic heterocycles. The Morgan fingerprint density at radius 1 is 1.33 bits per heavy atom. The van der Waals surface area contributed by atoms with E-state index in [1.807, 2.05) is 0 Å². The van der Waals surface area contributed by atoms with E-state index in [9.17, 15) is 4.79 Å². The second kappa shape index (κ2) is 4.21. The van der Waals surface area contributed by atoms with Crippen molar-refractivity contribution in [2.75, 3.05) is 0 Å². The topological polar surface area (TPSA) is 32.9 Å². The van der Waals surface area contributed by atoms with Crippen LogP contribution in [0.4, 0.5) is 0 Å². The third kappa shape index (κ3) is 2.13. The maximum Gasteiger partial charge on any atom is 0.195 e. The van der Waals surface area contributed by atoms with Gasteiger partial charge in [-0.25, -0.2) is 0 Å². The van der Waals surface area contributed by atoms with Crippen molar-refractivity contribution in [1.29, 1.82) is 0 Å². The first-order chi connectivity index (χ1) is 7.18. The molecule has 0 spiro atoms. The molecule has 4 heteroatoms. The number of benzene rings is 1. The summed E-state index contributed by atoms with van der Waals surface area (Å²) in [6.07, 6.45) is 3.39. The smallest absolute Gasteiger partial charge is 0.195 e. The summed E-state index contributed by atoms with van der Waals surface area (Å²) >= 11 is 9.12. The number of H-pyrrole nitrogens is 1. The van der Waals surface area contributed by atoms with Crippen LogP contribution in [0.2, 0.25) is 5.02 Å². The molecule has 0 atom stereocenters. The highest BCUT2D eigenvalue weighted by Crippen LogP contribution is 2.23. The first-order valence-electron chi connectivity index (χ1n) is 4.31. The molecule has 2 nitrogen and oxygen atoms in total. The van der Waals surface area contributed by atoms with Gasteiger partial charge < -0.3 is 4.98 Å². The molecule has 0 bridgehead atoms. The van der Waals surface area contributed by atoms with Gasteiger partial charge in [0.05, 0.1) is 0 Å². The minimum absolute atomic E-state index is 0.0280. The van der Waals surface area contributed by atoms with Gasteiger partial charge in [0.15, 0.2) is 5.78 Å². The number of aromatic amines is 1. The van der Waals surface area contributed by atoms with Crippen molar-refractivity contribution in [3.8, 4) is 0 Å². The number of halogens is 2. The lowest BCUT2D eigenvalue weighted by Crippen LogP contribution is -2.00. The largest absolute Gasteiger partial charge is 0.367 e. The van der Waals surface area contributed by atoms with Crippen molar-refractivity contribution in [1.82, 2.24) is 4.98 Å². The molecule has 0 aliphatic rings. The molecule has 1 aromatic heterocycles. The van der Waals surface area contributed by atoms with E-state index in [0.29, 0.717) is 20.6 Å². The minimum atomic E-state index is -0.0280. The van der Waals surface area contributed by atoms with E-state index >= 15 is 0 Å². The number of hydrogen-bond donors (Lipinski definition) is 1. The Labute approximate surface area is 100 Å². The van der Waals surface area contributed by atoms with Crippen LogP contribution in [-0.2, 0) is 0 Å². The summed E-state index contributed by atoms with van der Waals surface area (Å²) in [7, 11) is 0. The van der Waals surface area contributed by atoms with E-state index in [-0.39, 0.29) is 5.78 Å². The van der Waals surface area contributed by atoms with E-state index in [1.165, 1.54) is 0 Å².